The molecule has 0 unspecified atom stereocenters. The summed E-state index contributed by atoms with van der Waals surface area (Å²) in [7, 11) is 1.61. The van der Waals surface area contributed by atoms with E-state index in [4.69, 9.17) is 9.47 Å². The number of hydrogen-bond donors (Lipinski definition) is 2. The Bertz CT molecular complexity index is 1430. The minimum absolute atomic E-state index is 0.232. The average molecular weight is 499 g/mol. The summed E-state index contributed by atoms with van der Waals surface area (Å²) in [4.78, 5) is 33.9. The lowest BCUT2D eigenvalue weighted by atomic mass is 10.1. The van der Waals surface area contributed by atoms with Gasteiger partial charge < -0.3 is 20.1 Å². The van der Waals surface area contributed by atoms with Gasteiger partial charge in [0.15, 0.2) is 0 Å². The lowest BCUT2D eigenvalue weighted by Crippen LogP contribution is -2.28. The van der Waals surface area contributed by atoms with Gasteiger partial charge in [-0.1, -0.05) is 19.9 Å². The molecule has 2 aromatic carbocycles. The fourth-order valence-electron chi connectivity index (χ4n) is 3.78. The van der Waals surface area contributed by atoms with E-state index in [1.165, 1.54) is 0 Å². The average Bonchev–Trinajstić information content (AvgIpc) is 2.91. The van der Waals surface area contributed by atoms with Gasteiger partial charge in [0.1, 0.15) is 22.9 Å². The highest BCUT2D eigenvalue weighted by molar-refractivity contribution is 5.96. The van der Waals surface area contributed by atoms with Crippen molar-refractivity contribution < 1.29 is 19.1 Å². The maximum absolute atomic E-state index is 13.0. The molecule has 2 N–H and O–H groups in total. The van der Waals surface area contributed by atoms with E-state index in [9.17, 15) is 9.59 Å². The lowest BCUT2D eigenvalue weighted by Gasteiger charge is -2.14. The number of amides is 2. The molecule has 37 heavy (non-hydrogen) atoms. The van der Waals surface area contributed by atoms with Crippen molar-refractivity contribution in [3.05, 3.63) is 89.4 Å². The van der Waals surface area contributed by atoms with E-state index in [0.717, 1.165) is 16.5 Å². The molecule has 0 saturated heterocycles. The summed E-state index contributed by atoms with van der Waals surface area (Å²) in [5, 5.41) is 6.62. The van der Waals surface area contributed by atoms with Crippen LogP contribution >= 0.6 is 0 Å². The number of ether oxygens (including phenoxy) is 2. The molecule has 0 aliphatic rings. The van der Waals surface area contributed by atoms with Crippen LogP contribution in [0, 0.1) is 12.8 Å². The minimum atomic E-state index is -0.241. The molecule has 4 rings (SSSR count). The summed E-state index contributed by atoms with van der Waals surface area (Å²) < 4.78 is 11.5. The van der Waals surface area contributed by atoms with Crippen LogP contribution in [-0.2, 0) is 6.54 Å². The summed E-state index contributed by atoms with van der Waals surface area (Å²) in [6.07, 6.45) is 3.25. The minimum Gasteiger partial charge on any atom is -0.497 e. The fraction of sp³-hybridized carbons (Fsp3) is 0.241. The molecule has 190 valence electrons. The van der Waals surface area contributed by atoms with Crippen LogP contribution in [0.15, 0.2) is 67.0 Å². The van der Waals surface area contributed by atoms with E-state index in [0.29, 0.717) is 46.5 Å². The lowest BCUT2D eigenvalue weighted by molar-refractivity contribution is 0.0940. The van der Waals surface area contributed by atoms with Crippen molar-refractivity contribution in [2.24, 2.45) is 5.92 Å². The van der Waals surface area contributed by atoms with Crippen LogP contribution in [0.2, 0.25) is 0 Å². The Balaban J connectivity index is 1.47. The predicted molar refractivity (Wildman–Crippen MR) is 142 cm³/mol. The molecular formula is C29H30N4O4. The SMILES string of the molecule is COc1ccc2c(Oc3cccc(C(=O)NCc4ccnc(C(=O)NCC(C)C)c4)c3C)ccnc2c1. The Labute approximate surface area is 216 Å². The van der Waals surface area contributed by atoms with Crippen LogP contribution in [0.5, 0.6) is 17.2 Å². The first kappa shape index (κ1) is 25.6. The number of fused-ring (bicyclic) bond motifs is 1. The van der Waals surface area contributed by atoms with Gasteiger partial charge in [-0.3, -0.25) is 19.6 Å². The van der Waals surface area contributed by atoms with E-state index in [2.05, 4.69) is 20.6 Å². The monoisotopic (exact) mass is 498 g/mol. The second-order valence-electron chi connectivity index (χ2n) is 9.06. The molecule has 8 heteroatoms. The van der Waals surface area contributed by atoms with Gasteiger partial charge in [-0.25, -0.2) is 0 Å². The first-order valence-corrected chi connectivity index (χ1v) is 12.1. The molecule has 2 heterocycles. The number of carbonyl (C=O) groups is 2. The van der Waals surface area contributed by atoms with Crippen molar-refractivity contribution in [2.45, 2.75) is 27.3 Å². The molecule has 0 aliphatic heterocycles. The number of nitrogens with one attached hydrogen (secondary N) is 2. The maximum atomic E-state index is 13.0. The van der Waals surface area contributed by atoms with Gasteiger partial charge >= 0.3 is 0 Å². The predicted octanol–water partition coefficient (Wildman–Crippen LogP) is 5.05. The molecule has 0 atom stereocenters. The van der Waals surface area contributed by atoms with Crippen LogP contribution < -0.4 is 20.1 Å². The Hall–Kier alpha value is -4.46. The zero-order valence-corrected chi connectivity index (χ0v) is 21.4. The molecular weight excluding hydrogens is 468 g/mol. The molecule has 4 aromatic rings. The van der Waals surface area contributed by atoms with Crippen molar-refractivity contribution in [2.75, 3.05) is 13.7 Å². The molecule has 0 aliphatic carbocycles. The highest BCUT2D eigenvalue weighted by Crippen LogP contribution is 2.33. The molecule has 0 saturated carbocycles. The van der Waals surface area contributed by atoms with Crippen molar-refractivity contribution >= 4 is 22.7 Å². The highest BCUT2D eigenvalue weighted by atomic mass is 16.5. The molecule has 2 amide bonds. The summed E-state index contributed by atoms with van der Waals surface area (Å²) in [6.45, 7) is 6.73. The third-order valence-corrected chi connectivity index (χ3v) is 5.84. The number of methoxy groups -OCH3 is 1. The smallest absolute Gasteiger partial charge is 0.269 e. The number of rotatable bonds is 9. The van der Waals surface area contributed by atoms with E-state index in [1.807, 2.05) is 45.0 Å². The van der Waals surface area contributed by atoms with Gasteiger partial charge in [0.2, 0.25) is 0 Å². The third-order valence-electron chi connectivity index (χ3n) is 5.84. The van der Waals surface area contributed by atoms with Crippen molar-refractivity contribution in [3.63, 3.8) is 0 Å². The van der Waals surface area contributed by atoms with E-state index in [-0.39, 0.29) is 18.4 Å². The molecule has 0 fully saturated rings. The molecule has 0 radical (unpaired) electrons. The van der Waals surface area contributed by atoms with Gasteiger partial charge in [0.25, 0.3) is 11.8 Å². The summed E-state index contributed by atoms with van der Waals surface area (Å²) >= 11 is 0. The van der Waals surface area contributed by atoms with Crippen LogP contribution in [0.25, 0.3) is 10.9 Å². The molecule has 0 bridgehead atoms. The van der Waals surface area contributed by atoms with Crippen molar-refractivity contribution in [3.8, 4) is 17.2 Å². The largest absolute Gasteiger partial charge is 0.497 e. The number of hydrogen-bond acceptors (Lipinski definition) is 6. The summed E-state index contributed by atoms with van der Waals surface area (Å²) in [6, 6.07) is 16.2. The standard InChI is InChI=1S/C29H30N4O4/c1-18(2)16-32-29(35)25-14-20(10-12-31-25)17-33-28(34)22-6-5-7-26(19(22)3)37-27-11-13-30-24-15-21(36-4)8-9-23(24)27/h5-15,18H,16-17H2,1-4H3,(H,32,35)(H,33,34). The number of carbonyl (C=O) groups excluding carboxylic acids is 2. The third kappa shape index (κ3) is 6.22. The second-order valence-corrected chi connectivity index (χ2v) is 9.06. The zero-order valence-electron chi connectivity index (χ0n) is 21.4. The Kier molecular flexibility index (Phi) is 7.98. The topological polar surface area (TPSA) is 102 Å². The van der Waals surface area contributed by atoms with E-state index < -0.39 is 0 Å². The van der Waals surface area contributed by atoms with Crippen LogP contribution in [0.1, 0.15) is 45.8 Å². The van der Waals surface area contributed by atoms with Crippen LogP contribution in [0.4, 0.5) is 0 Å². The number of pyridine rings is 2. The van der Waals surface area contributed by atoms with Crippen LogP contribution in [0.3, 0.4) is 0 Å². The molecule has 0 spiro atoms. The van der Waals surface area contributed by atoms with Gasteiger partial charge in [0.05, 0.1) is 12.6 Å². The first-order chi connectivity index (χ1) is 17.9. The van der Waals surface area contributed by atoms with Crippen LogP contribution in [-0.4, -0.2) is 35.4 Å². The summed E-state index contributed by atoms with van der Waals surface area (Å²) in [5.41, 5.74) is 3.06. The maximum Gasteiger partial charge on any atom is 0.269 e. The fourth-order valence-corrected chi connectivity index (χ4v) is 3.78. The Morgan fingerprint density at radius 2 is 1.73 bits per heavy atom. The van der Waals surface area contributed by atoms with Crippen molar-refractivity contribution in [1.82, 2.24) is 20.6 Å². The van der Waals surface area contributed by atoms with Gasteiger partial charge in [-0.2, -0.15) is 0 Å². The van der Waals surface area contributed by atoms with Gasteiger partial charge in [-0.05, 0) is 60.9 Å². The summed E-state index contributed by atoms with van der Waals surface area (Å²) in [5.74, 6) is 1.79. The second kappa shape index (κ2) is 11.5. The van der Waals surface area contributed by atoms with Gasteiger partial charge in [-0.15, -0.1) is 0 Å². The normalized spacial score (nSPS) is 10.8. The number of benzene rings is 2. The molecule has 2 aromatic heterocycles. The Morgan fingerprint density at radius 1 is 0.919 bits per heavy atom. The first-order valence-electron chi connectivity index (χ1n) is 12.1. The van der Waals surface area contributed by atoms with Crippen molar-refractivity contribution in [1.29, 1.82) is 0 Å². The highest BCUT2D eigenvalue weighted by Gasteiger charge is 2.15. The van der Waals surface area contributed by atoms with E-state index >= 15 is 0 Å². The Morgan fingerprint density at radius 3 is 2.51 bits per heavy atom. The molecule has 8 nitrogen and oxygen atoms in total. The number of aromatic nitrogens is 2. The van der Waals surface area contributed by atoms with Gasteiger partial charge in [0, 0.05) is 48.1 Å². The quantitative estimate of drug-likeness (QED) is 0.335. The van der Waals surface area contributed by atoms with E-state index in [1.54, 1.807) is 49.8 Å². The number of nitrogens with zero attached hydrogens (tertiary/aromatic N) is 2. The zero-order chi connectivity index (χ0) is 26.4.